The van der Waals surface area contributed by atoms with E-state index in [1.165, 1.54) is 19.2 Å². The van der Waals surface area contributed by atoms with Crippen LogP contribution in [0.15, 0.2) is 59.0 Å². The Morgan fingerprint density at radius 2 is 1.75 bits per heavy atom. The van der Waals surface area contributed by atoms with Crippen molar-refractivity contribution >= 4 is 22.4 Å². The van der Waals surface area contributed by atoms with E-state index in [1.807, 2.05) is 19.9 Å². The summed E-state index contributed by atoms with van der Waals surface area (Å²) in [5.74, 6) is 2.03. The minimum absolute atomic E-state index is 0.120. The normalized spacial score (nSPS) is 11.2. The molecule has 0 unspecified atom stereocenters. The van der Waals surface area contributed by atoms with E-state index in [0.717, 1.165) is 0 Å². The Bertz CT molecular complexity index is 1580. The smallest absolute Gasteiger partial charge is 0.247 e. The molecule has 5 rings (SSSR count). The number of fused-ring (bicyclic) bond motifs is 1. The third-order valence-corrected chi connectivity index (χ3v) is 5.51. The van der Waals surface area contributed by atoms with E-state index in [0.29, 0.717) is 51.2 Å². The van der Waals surface area contributed by atoms with Crippen LogP contribution in [0, 0.1) is 5.82 Å². The number of anilines is 2. The van der Waals surface area contributed by atoms with Crippen LogP contribution in [0.3, 0.4) is 0 Å². The number of nitrogens with zero attached hydrogens (tertiary/aromatic N) is 4. The summed E-state index contributed by atoms with van der Waals surface area (Å²) >= 11 is 0. The summed E-state index contributed by atoms with van der Waals surface area (Å²) in [6.45, 7) is 3.94. The summed E-state index contributed by atoms with van der Waals surface area (Å²) in [5.41, 5.74) is 13.8. The molecule has 0 aliphatic heterocycles. The lowest BCUT2D eigenvalue weighted by Gasteiger charge is -2.11. The minimum Gasteiger partial charge on any atom is -0.495 e. The number of benzene rings is 3. The predicted octanol–water partition coefficient (Wildman–Crippen LogP) is 5.57. The highest BCUT2D eigenvalue weighted by Gasteiger charge is 2.16. The number of nitrogens with two attached hydrogens (primary N) is 2. The molecule has 0 amide bonds. The van der Waals surface area contributed by atoms with Gasteiger partial charge in [0.1, 0.15) is 28.9 Å². The van der Waals surface area contributed by atoms with Crippen molar-refractivity contribution in [3.8, 4) is 40.1 Å². The van der Waals surface area contributed by atoms with Crippen molar-refractivity contribution in [2.45, 2.75) is 19.8 Å². The number of nitrogen functional groups attached to an aromatic ring is 2. The van der Waals surface area contributed by atoms with Crippen molar-refractivity contribution in [3.05, 3.63) is 66.3 Å². The van der Waals surface area contributed by atoms with Crippen LogP contribution in [0.5, 0.6) is 17.2 Å². The maximum Gasteiger partial charge on any atom is 0.247 e. The minimum atomic E-state index is -0.566. The van der Waals surface area contributed by atoms with Crippen molar-refractivity contribution in [2.75, 3.05) is 18.6 Å². The fourth-order valence-corrected chi connectivity index (χ4v) is 3.65. The lowest BCUT2D eigenvalue weighted by molar-refractivity contribution is 0.417. The van der Waals surface area contributed by atoms with Crippen LogP contribution < -0.4 is 20.9 Å². The molecule has 0 aliphatic rings. The Kier molecular flexibility index (Phi) is 5.85. The summed E-state index contributed by atoms with van der Waals surface area (Å²) in [4.78, 5) is 8.73. The van der Waals surface area contributed by atoms with Gasteiger partial charge in [-0.2, -0.15) is 0 Å². The first-order chi connectivity index (χ1) is 17.3. The van der Waals surface area contributed by atoms with Gasteiger partial charge >= 0.3 is 0 Å². The summed E-state index contributed by atoms with van der Waals surface area (Å²) < 4.78 is 32.0. The standard InChI is InChI=1S/C26H23FN6O3/c1-13(2)25-32-33-26(36-25)14-5-4-6-15(9-14)35-16-7-8-17(19(27)10-16)24-30-21-12-22(34-3)20(28)11-18(21)23(29)31-24/h4-13H,28H2,1-3H3,(H2,29,30,31). The summed E-state index contributed by atoms with van der Waals surface area (Å²) in [5, 5.41) is 8.70. The fraction of sp³-hybridized carbons (Fsp3) is 0.154. The number of aromatic nitrogens is 4. The first-order valence-corrected chi connectivity index (χ1v) is 11.1. The molecule has 36 heavy (non-hydrogen) atoms. The fourth-order valence-electron chi connectivity index (χ4n) is 3.65. The van der Waals surface area contributed by atoms with Crippen LogP contribution in [0.1, 0.15) is 25.7 Å². The zero-order valence-corrected chi connectivity index (χ0v) is 19.8. The number of methoxy groups -OCH3 is 1. The van der Waals surface area contributed by atoms with Crippen LogP contribution in [0.2, 0.25) is 0 Å². The third-order valence-electron chi connectivity index (χ3n) is 5.51. The molecular formula is C26H23FN6O3. The SMILES string of the molecule is COc1cc2nc(-c3ccc(Oc4cccc(-c5nnc(C(C)C)o5)c4)cc3F)nc(N)c2cc1N. The van der Waals surface area contributed by atoms with Gasteiger partial charge in [-0.15, -0.1) is 10.2 Å². The van der Waals surface area contributed by atoms with E-state index in [4.69, 9.17) is 25.4 Å². The van der Waals surface area contributed by atoms with E-state index >= 15 is 4.39 Å². The Morgan fingerprint density at radius 3 is 2.47 bits per heavy atom. The average Bonchev–Trinajstić information content (AvgIpc) is 3.35. The molecule has 3 aromatic carbocycles. The number of hydrogen-bond acceptors (Lipinski definition) is 9. The molecule has 0 saturated heterocycles. The monoisotopic (exact) mass is 486 g/mol. The summed E-state index contributed by atoms with van der Waals surface area (Å²) in [7, 11) is 1.50. The second-order valence-corrected chi connectivity index (χ2v) is 8.42. The second-order valence-electron chi connectivity index (χ2n) is 8.42. The quantitative estimate of drug-likeness (QED) is 0.295. The van der Waals surface area contributed by atoms with Gasteiger partial charge in [0, 0.05) is 29.0 Å². The van der Waals surface area contributed by atoms with Gasteiger partial charge in [0.05, 0.1) is 23.9 Å². The van der Waals surface area contributed by atoms with E-state index in [1.54, 1.807) is 36.4 Å². The van der Waals surface area contributed by atoms with Crippen molar-refractivity contribution in [3.63, 3.8) is 0 Å². The van der Waals surface area contributed by atoms with E-state index in [-0.39, 0.29) is 23.1 Å². The van der Waals surface area contributed by atoms with Crippen LogP contribution in [0.25, 0.3) is 33.7 Å². The van der Waals surface area contributed by atoms with Gasteiger partial charge in [0.25, 0.3) is 0 Å². The van der Waals surface area contributed by atoms with Crippen molar-refractivity contribution < 1.29 is 18.3 Å². The highest BCUT2D eigenvalue weighted by molar-refractivity contribution is 5.93. The zero-order valence-electron chi connectivity index (χ0n) is 19.8. The molecule has 0 spiro atoms. The topological polar surface area (TPSA) is 135 Å². The first-order valence-electron chi connectivity index (χ1n) is 11.1. The lowest BCUT2D eigenvalue weighted by atomic mass is 10.1. The number of hydrogen-bond donors (Lipinski definition) is 2. The molecule has 182 valence electrons. The molecule has 2 aromatic heterocycles. The van der Waals surface area contributed by atoms with Gasteiger partial charge in [-0.3, -0.25) is 0 Å². The Labute approximate surface area is 205 Å². The van der Waals surface area contributed by atoms with Crippen LogP contribution in [0.4, 0.5) is 15.9 Å². The molecule has 2 heterocycles. The molecule has 0 radical (unpaired) electrons. The van der Waals surface area contributed by atoms with Gasteiger partial charge in [-0.1, -0.05) is 19.9 Å². The molecule has 4 N–H and O–H groups in total. The van der Waals surface area contributed by atoms with Crippen molar-refractivity contribution in [1.29, 1.82) is 0 Å². The maximum absolute atomic E-state index is 15.1. The largest absolute Gasteiger partial charge is 0.495 e. The molecule has 0 bridgehead atoms. The highest BCUT2D eigenvalue weighted by atomic mass is 19.1. The highest BCUT2D eigenvalue weighted by Crippen LogP contribution is 2.33. The molecule has 5 aromatic rings. The van der Waals surface area contributed by atoms with Crippen LogP contribution in [-0.2, 0) is 0 Å². The van der Waals surface area contributed by atoms with Crippen LogP contribution >= 0.6 is 0 Å². The molecule has 0 atom stereocenters. The number of rotatable bonds is 6. The second kappa shape index (κ2) is 9.14. The molecular weight excluding hydrogens is 463 g/mol. The van der Waals surface area contributed by atoms with E-state index in [9.17, 15) is 0 Å². The van der Waals surface area contributed by atoms with Gasteiger partial charge in [-0.05, 0) is 36.4 Å². The summed E-state index contributed by atoms with van der Waals surface area (Å²) in [6, 6.07) is 14.8. The van der Waals surface area contributed by atoms with Crippen molar-refractivity contribution in [1.82, 2.24) is 20.2 Å². The maximum atomic E-state index is 15.1. The first kappa shape index (κ1) is 23.0. The molecule has 0 aliphatic carbocycles. The van der Waals surface area contributed by atoms with E-state index < -0.39 is 5.82 Å². The molecule has 10 heteroatoms. The Morgan fingerprint density at radius 1 is 0.944 bits per heavy atom. The lowest BCUT2D eigenvalue weighted by Crippen LogP contribution is -2.01. The molecule has 0 saturated carbocycles. The van der Waals surface area contributed by atoms with Crippen molar-refractivity contribution in [2.24, 2.45) is 0 Å². The van der Waals surface area contributed by atoms with Crippen LogP contribution in [-0.4, -0.2) is 27.3 Å². The number of ether oxygens (including phenoxy) is 2. The van der Waals surface area contributed by atoms with Gasteiger partial charge in [0.2, 0.25) is 11.8 Å². The molecule has 9 nitrogen and oxygen atoms in total. The average molecular weight is 487 g/mol. The van der Waals surface area contributed by atoms with E-state index in [2.05, 4.69) is 20.2 Å². The molecule has 0 fully saturated rings. The van der Waals surface area contributed by atoms with Gasteiger partial charge in [-0.25, -0.2) is 14.4 Å². The third kappa shape index (κ3) is 4.36. The van der Waals surface area contributed by atoms with Gasteiger partial charge < -0.3 is 25.4 Å². The van der Waals surface area contributed by atoms with Gasteiger partial charge in [0.15, 0.2) is 5.82 Å². The Hall–Kier alpha value is -4.73. The summed E-state index contributed by atoms with van der Waals surface area (Å²) in [6.07, 6.45) is 0. The number of halogens is 1. The zero-order chi connectivity index (χ0) is 25.4. The Balaban J connectivity index is 1.43. The predicted molar refractivity (Wildman–Crippen MR) is 134 cm³/mol.